The largest absolute Gasteiger partial charge is 0.370 e. The molecule has 0 atom stereocenters. The minimum Gasteiger partial charge on any atom is -0.370 e. The Kier molecular flexibility index (Phi) is 2.91. The van der Waals surface area contributed by atoms with Crippen molar-refractivity contribution in [2.75, 3.05) is 12.8 Å². The zero-order valence-corrected chi connectivity index (χ0v) is 9.57. The first-order valence-corrected chi connectivity index (χ1v) is 6.58. The van der Waals surface area contributed by atoms with Crippen molar-refractivity contribution in [2.24, 2.45) is 10.7 Å². The van der Waals surface area contributed by atoms with E-state index in [1.807, 2.05) is 11.8 Å². The van der Waals surface area contributed by atoms with Gasteiger partial charge in [0.2, 0.25) is 0 Å². The summed E-state index contributed by atoms with van der Waals surface area (Å²) in [5.41, 5.74) is 5.78. The number of hydrogen-bond acceptors (Lipinski definition) is 2. The Morgan fingerprint density at radius 2 is 2.29 bits per heavy atom. The van der Waals surface area contributed by atoms with E-state index in [1.54, 1.807) is 0 Å². The zero-order valence-electron chi connectivity index (χ0n) is 8.75. The van der Waals surface area contributed by atoms with Crippen molar-refractivity contribution in [3.8, 4) is 0 Å². The van der Waals surface area contributed by atoms with Gasteiger partial charge in [0.15, 0.2) is 5.96 Å². The van der Waals surface area contributed by atoms with E-state index in [4.69, 9.17) is 5.73 Å². The maximum atomic E-state index is 5.78. The Balaban J connectivity index is 1.77. The lowest BCUT2D eigenvalue weighted by Crippen LogP contribution is -2.39. The normalized spacial score (nSPS) is 25.6. The molecule has 2 rings (SSSR count). The number of rotatable bonds is 4. The predicted octanol–water partition coefficient (Wildman–Crippen LogP) is 1.34. The van der Waals surface area contributed by atoms with Crippen LogP contribution in [0.15, 0.2) is 4.99 Å². The number of nitrogens with two attached hydrogens (primary N) is 1. The Hall–Kier alpha value is -0.380. The van der Waals surface area contributed by atoms with E-state index in [2.05, 4.69) is 16.6 Å². The molecule has 0 aromatic heterocycles. The predicted molar refractivity (Wildman–Crippen MR) is 62.7 cm³/mol. The molecule has 0 heterocycles. The van der Waals surface area contributed by atoms with Crippen LogP contribution in [0.4, 0.5) is 0 Å². The average Bonchev–Trinajstić information content (AvgIpc) is 2.87. The fourth-order valence-corrected chi connectivity index (χ4v) is 2.60. The van der Waals surface area contributed by atoms with Gasteiger partial charge in [-0.25, -0.2) is 0 Å². The second kappa shape index (κ2) is 4.01. The highest BCUT2D eigenvalue weighted by atomic mass is 32.2. The van der Waals surface area contributed by atoms with Crippen LogP contribution in [0, 0.1) is 0 Å². The second-order valence-electron chi connectivity index (χ2n) is 4.36. The molecular weight excluding hydrogens is 194 g/mol. The molecule has 2 aliphatic rings. The van der Waals surface area contributed by atoms with Gasteiger partial charge in [-0.1, -0.05) is 6.42 Å². The summed E-state index contributed by atoms with van der Waals surface area (Å²) < 4.78 is 0.413. The lowest BCUT2D eigenvalue weighted by Gasteiger charge is -2.39. The molecule has 4 heteroatoms. The number of nitrogens with zero attached hydrogens (tertiary/aromatic N) is 1. The Bertz CT molecular complexity index is 226. The van der Waals surface area contributed by atoms with E-state index < -0.39 is 0 Å². The average molecular weight is 213 g/mol. The van der Waals surface area contributed by atoms with Gasteiger partial charge in [0, 0.05) is 10.8 Å². The molecule has 14 heavy (non-hydrogen) atoms. The number of nitrogens with one attached hydrogen (secondary N) is 1. The molecule has 0 spiro atoms. The molecule has 0 unspecified atom stereocenters. The van der Waals surface area contributed by atoms with E-state index >= 15 is 0 Å². The molecule has 0 amide bonds. The molecule has 2 saturated carbocycles. The number of hydrogen-bond donors (Lipinski definition) is 2. The molecule has 0 aromatic rings. The quantitative estimate of drug-likeness (QED) is 0.547. The first-order chi connectivity index (χ1) is 6.74. The summed E-state index contributed by atoms with van der Waals surface area (Å²) in [5, 5.41) is 3.22. The van der Waals surface area contributed by atoms with Crippen LogP contribution in [-0.2, 0) is 0 Å². The third kappa shape index (κ3) is 2.35. The minimum atomic E-state index is 0.413. The summed E-state index contributed by atoms with van der Waals surface area (Å²) in [6.45, 7) is 0.889. The molecule has 2 fully saturated rings. The van der Waals surface area contributed by atoms with E-state index in [9.17, 15) is 0 Å². The van der Waals surface area contributed by atoms with Crippen molar-refractivity contribution in [3.63, 3.8) is 0 Å². The second-order valence-corrected chi connectivity index (χ2v) is 5.64. The topological polar surface area (TPSA) is 50.4 Å². The Morgan fingerprint density at radius 1 is 1.57 bits per heavy atom. The highest BCUT2D eigenvalue weighted by molar-refractivity contribution is 8.00. The molecule has 2 aliphatic carbocycles. The Labute approximate surface area is 89.9 Å². The van der Waals surface area contributed by atoms with Crippen molar-refractivity contribution >= 4 is 17.7 Å². The van der Waals surface area contributed by atoms with Crippen LogP contribution >= 0.6 is 11.8 Å². The Morgan fingerprint density at radius 3 is 2.71 bits per heavy atom. The molecule has 0 bridgehead atoms. The molecule has 3 N–H and O–H groups in total. The van der Waals surface area contributed by atoms with Crippen molar-refractivity contribution in [1.82, 2.24) is 5.32 Å². The van der Waals surface area contributed by atoms with E-state index in [0.717, 1.165) is 6.54 Å². The van der Waals surface area contributed by atoms with Gasteiger partial charge in [-0.05, 0) is 31.9 Å². The lowest BCUT2D eigenvalue weighted by atomic mass is 9.84. The van der Waals surface area contributed by atoms with Crippen molar-refractivity contribution < 1.29 is 0 Å². The molecule has 0 saturated heterocycles. The molecule has 80 valence electrons. The third-order valence-corrected chi connectivity index (χ3v) is 4.57. The maximum Gasteiger partial charge on any atom is 0.188 e. The van der Waals surface area contributed by atoms with Gasteiger partial charge in [-0.15, -0.1) is 0 Å². The van der Waals surface area contributed by atoms with Crippen LogP contribution in [-0.4, -0.2) is 29.5 Å². The van der Waals surface area contributed by atoms with Crippen LogP contribution in [0.5, 0.6) is 0 Å². The number of thioether (sulfide) groups is 1. The van der Waals surface area contributed by atoms with Crippen molar-refractivity contribution in [3.05, 3.63) is 0 Å². The van der Waals surface area contributed by atoms with E-state index in [0.29, 0.717) is 16.7 Å². The molecule has 0 aromatic carbocycles. The summed E-state index contributed by atoms with van der Waals surface area (Å²) in [5.74, 6) is 0.646. The van der Waals surface area contributed by atoms with Crippen LogP contribution in [0.25, 0.3) is 0 Å². The van der Waals surface area contributed by atoms with Gasteiger partial charge in [-0.2, -0.15) is 11.8 Å². The van der Waals surface area contributed by atoms with E-state index in [1.165, 1.54) is 32.1 Å². The smallest absolute Gasteiger partial charge is 0.188 e. The summed E-state index contributed by atoms with van der Waals surface area (Å²) >= 11 is 1.95. The molecule has 3 nitrogen and oxygen atoms in total. The standard InChI is InChI=1S/C10H19N3S/c1-14-10(5-2-6-10)7-12-9(11)13-8-3-4-8/h8H,2-7H2,1H3,(H3,11,12,13). The fraction of sp³-hybridized carbons (Fsp3) is 0.900. The highest BCUT2D eigenvalue weighted by Gasteiger charge is 2.35. The fourth-order valence-electron chi connectivity index (χ4n) is 1.71. The summed E-state index contributed by atoms with van der Waals surface area (Å²) in [6, 6.07) is 0.616. The first kappa shape index (κ1) is 10.1. The van der Waals surface area contributed by atoms with Gasteiger partial charge in [0.1, 0.15) is 0 Å². The van der Waals surface area contributed by atoms with E-state index in [-0.39, 0.29) is 0 Å². The van der Waals surface area contributed by atoms with Crippen LogP contribution in [0.3, 0.4) is 0 Å². The minimum absolute atomic E-state index is 0.413. The maximum absolute atomic E-state index is 5.78. The van der Waals surface area contributed by atoms with Crippen LogP contribution in [0.1, 0.15) is 32.1 Å². The van der Waals surface area contributed by atoms with Crippen LogP contribution in [0.2, 0.25) is 0 Å². The van der Waals surface area contributed by atoms with Crippen molar-refractivity contribution in [1.29, 1.82) is 0 Å². The summed E-state index contributed by atoms with van der Waals surface area (Å²) in [4.78, 5) is 4.43. The first-order valence-electron chi connectivity index (χ1n) is 5.36. The number of aliphatic imine (C=N–C) groups is 1. The number of guanidine groups is 1. The van der Waals surface area contributed by atoms with Crippen molar-refractivity contribution in [2.45, 2.75) is 42.9 Å². The third-order valence-electron chi connectivity index (χ3n) is 3.16. The van der Waals surface area contributed by atoms with Gasteiger partial charge >= 0.3 is 0 Å². The van der Waals surface area contributed by atoms with Gasteiger partial charge in [0.25, 0.3) is 0 Å². The SMILES string of the molecule is CSC1(CN=C(N)NC2CC2)CCC1. The molecular formula is C10H19N3S. The zero-order chi connectivity index (χ0) is 10.0. The molecule has 0 aliphatic heterocycles. The molecule has 0 radical (unpaired) electrons. The highest BCUT2D eigenvalue weighted by Crippen LogP contribution is 2.42. The van der Waals surface area contributed by atoms with Gasteiger partial charge < -0.3 is 11.1 Å². The lowest BCUT2D eigenvalue weighted by molar-refractivity contribution is 0.372. The monoisotopic (exact) mass is 213 g/mol. The van der Waals surface area contributed by atoms with Gasteiger partial charge in [-0.3, -0.25) is 4.99 Å². The summed E-state index contributed by atoms with van der Waals surface area (Å²) in [6.07, 6.45) is 8.64. The summed E-state index contributed by atoms with van der Waals surface area (Å²) in [7, 11) is 0. The van der Waals surface area contributed by atoms with Crippen LogP contribution < -0.4 is 11.1 Å². The van der Waals surface area contributed by atoms with Gasteiger partial charge in [0.05, 0.1) is 6.54 Å².